The van der Waals surface area contributed by atoms with E-state index in [9.17, 15) is 14.4 Å². The molecule has 0 N–H and O–H groups in total. The third kappa shape index (κ3) is 43.7. The van der Waals surface area contributed by atoms with Crippen LogP contribution in [0, 0.1) is 0 Å². The van der Waals surface area contributed by atoms with Crippen LogP contribution in [-0.2, 0) is 28.6 Å². The molecule has 0 aromatic carbocycles. The highest BCUT2D eigenvalue weighted by atomic mass is 16.6. The maximum absolute atomic E-state index is 12.6. The molecule has 0 heterocycles. The summed E-state index contributed by atoms with van der Waals surface area (Å²) >= 11 is 0. The summed E-state index contributed by atoms with van der Waals surface area (Å²) < 4.78 is 16.5. The number of carbonyl (C=O) groups excluding carboxylic acids is 3. The summed E-state index contributed by atoms with van der Waals surface area (Å²) in [7, 11) is 0. The highest BCUT2D eigenvalue weighted by molar-refractivity contribution is 5.71. The number of esters is 3. The van der Waals surface area contributed by atoms with E-state index in [-0.39, 0.29) is 31.1 Å². The fourth-order valence-electron chi connectivity index (χ4n) is 6.13. The van der Waals surface area contributed by atoms with Gasteiger partial charge < -0.3 is 14.2 Å². The van der Waals surface area contributed by atoms with E-state index in [2.05, 4.69) is 106 Å². The van der Waals surface area contributed by atoms with Gasteiger partial charge in [-0.1, -0.05) is 196 Å². The molecule has 6 heteroatoms. The van der Waals surface area contributed by atoms with E-state index >= 15 is 0 Å². The van der Waals surface area contributed by atoms with Crippen LogP contribution in [0.3, 0.4) is 0 Å². The predicted molar refractivity (Wildman–Crippen MR) is 247 cm³/mol. The number of carbonyl (C=O) groups is 3. The first-order valence-corrected chi connectivity index (χ1v) is 23.6. The number of hydrogen-bond donors (Lipinski definition) is 0. The number of hydrogen-bond acceptors (Lipinski definition) is 6. The standard InChI is InChI=1S/C52H86O6/c1-4-7-10-13-15-17-18-19-20-21-22-23-24-25-26-27-28-29-30-31-32-33-34-35-37-39-42-45-51(54)57-48-49(47-56-50(53)44-41-38-12-9-6-3)58-52(55)46-43-40-36-16-14-11-8-5-2/h7,10,15,17,19-20,22-23,25-26,28-29,31-32,49H,4-6,8-9,11-14,16,18,21,24,27,30,33-48H2,1-3H3/b10-7-,17-15-,20-19-,23-22-,26-25-,29-28-,32-31-. The van der Waals surface area contributed by atoms with Crippen LogP contribution in [0.4, 0.5) is 0 Å². The lowest BCUT2D eigenvalue weighted by atomic mass is 10.1. The molecule has 0 saturated heterocycles. The van der Waals surface area contributed by atoms with Gasteiger partial charge >= 0.3 is 17.9 Å². The van der Waals surface area contributed by atoms with E-state index in [1.54, 1.807) is 0 Å². The zero-order chi connectivity index (χ0) is 42.3. The highest BCUT2D eigenvalue weighted by Gasteiger charge is 2.19. The number of rotatable bonds is 41. The van der Waals surface area contributed by atoms with Crippen LogP contribution >= 0.6 is 0 Å². The van der Waals surface area contributed by atoms with E-state index in [0.717, 1.165) is 128 Å². The smallest absolute Gasteiger partial charge is 0.306 e. The van der Waals surface area contributed by atoms with Crippen molar-refractivity contribution >= 4 is 17.9 Å². The molecule has 0 aromatic heterocycles. The molecule has 0 radical (unpaired) electrons. The first kappa shape index (κ1) is 54.6. The normalized spacial score (nSPS) is 12.8. The van der Waals surface area contributed by atoms with Gasteiger partial charge in [0, 0.05) is 19.3 Å². The summed E-state index contributed by atoms with van der Waals surface area (Å²) in [6.45, 7) is 6.37. The topological polar surface area (TPSA) is 78.9 Å². The number of allylic oxidation sites excluding steroid dienone is 14. The molecule has 0 aliphatic carbocycles. The average Bonchev–Trinajstić information content (AvgIpc) is 3.22. The lowest BCUT2D eigenvalue weighted by molar-refractivity contribution is -0.167. The molecule has 0 amide bonds. The Morgan fingerprint density at radius 1 is 0.362 bits per heavy atom. The first-order valence-electron chi connectivity index (χ1n) is 23.6. The van der Waals surface area contributed by atoms with E-state index in [1.807, 2.05) is 0 Å². The third-order valence-corrected chi connectivity index (χ3v) is 9.66. The second kappa shape index (κ2) is 46.3. The number of unbranched alkanes of at least 4 members (excludes halogenated alkanes) is 16. The maximum atomic E-state index is 12.6. The summed E-state index contributed by atoms with van der Waals surface area (Å²) in [4.78, 5) is 37.4. The second-order valence-electron chi connectivity index (χ2n) is 15.3. The molecule has 1 atom stereocenters. The van der Waals surface area contributed by atoms with Gasteiger partial charge in [-0.3, -0.25) is 14.4 Å². The predicted octanol–water partition coefficient (Wildman–Crippen LogP) is 15.3. The van der Waals surface area contributed by atoms with Crippen molar-refractivity contribution in [1.82, 2.24) is 0 Å². The Kier molecular flexibility index (Phi) is 43.6. The summed E-state index contributed by atoms with van der Waals surface area (Å²) in [5.74, 6) is -0.929. The molecule has 58 heavy (non-hydrogen) atoms. The Hall–Kier alpha value is -3.41. The van der Waals surface area contributed by atoms with Crippen LogP contribution in [0.1, 0.15) is 207 Å². The minimum absolute atomic E-state index is 0.0833. The van der Waals surface area contributed by atoms with Crippen LogP contribution in [0.25, 0.3) is 0 Å². The fourth-order valence-corrected chi connectivity index (χ4v) is 6.13. The van der Waals surface area contributed by atoms with E-state index < -0.39 is 6.10 Å². The quantitative estimate of drug-likeness (QED) is 0.0265. The molecule has 0 aromatic rings. The minimum atomic E-state index is -0.776. The van der Waals surface area contributed by atoms with Gasteiger partial charge in [0.2, 0.25) is 0 Å². The van der Waals surface area contributed by atoms with Crippen LogP contribution in [-0.4, -0.2) is 37.2 Å². The van der Waals surface area contributed by atoms with Gasteiger partial charge in [-0.15, -0.1) is 0 Å². The van der Waals surface area contributed by atoms with Gasteiger partial charge in [-0.05, 0) is 77.0 Å². The van der Waals surface area contributed by atoms with Gasteiger partial charge in [0.25, 0.3) is 0 Å². The van der Waals surface area contributed by atoms with Gasteiger partial charge in [0.1, 0.15) is 13.2 Å². The van der Waals surface area contributed by atoms with Crippen LogP contribution in [0.5, 0.6) is 0 Å². The molecular weight excluding hydrogens is 721 g/mol. The lowest BCUT2D eigenvalue weighted by Crippen LogP contribution is -2.30. The molecular formula is C52H86O6. The Morgan fingerprint density at radius 2 is 0.672 bits per heavy atom. The lowest BCUT2D eigenvalue weighted by Gasteiger charge is -2.18. The highest BCUT2D eigenvalue weighted by Crippen LogP contribution is 2.13. The summed E-state index contributed by atoms with van der Waals surface area (Å²) in [5.41, 5.74) is 0. The molecule has 0 aliphatic heterocycles. The second-order valence-corrected chi connectivity index (χ2v) is 15.3. The molecule has 0 rings (SSSR count). The van der Waals surface area contributed by atoms with E-state index in [0.29, 0.717) is 19.3 Å². The number of ether oxygens (including phenoxy) is 3. The molecule has 6 nitrogen and oxygen atoms in total. The molecule has 0 fully saturated rings. The Labute approximate surface area is 356 Å². The van der Waals surface area contributed by atoms with E-state index in [1.165, 1.54) is 38.5 Å². The third-order valence-electron chi connectivity index (χ3n) is 9.66. The van der Waals surface area contributed by atoms with Crippen LogP contribution in [0.2, 0.25) is 0 Å². The Bertz CT molecular complexity index is 1160. The van der Waals surface area contributed by atoms with Crippen molar-refractivity contribution in [2.75, 3.05) is 13.2 Å². The van der Waals surface area contributed by atoms with Crippen molar-refractivity contribution in [2.45, 2.75) is 213 Å². The van der Waals surface area contributed by atoms with Crippen molar-refractivity contribution in [3.05, 3.63) is 85.1 Å². The average molecular weight is 807 g/mol. The molecule has 330 valence electrons. The van der Waals surface area contributed by atoms with E-state index in [4.69, 9.17) is 14.2 Å². The van der Waals surface area contributed by atoms with Crippen molar-refractivity contribution in [1.29, 1.82) is 0 Å². The monoisotopic (exact) mass is 807 g/mol. The van der Waals surface area contributed by atoms with Crippen molar-refractivity contribution in [3.63, 3.8) is 0 Å². The summed E-state index contributed by atoms with van der Waals surface area (Å²) in [6, 6.07) is 0. The van der Waals surface area contributed by atoms with Crippen LogP contribution < -0.4 is 0 Å². The van der Waals surface area contributed by atoms with Gasteiger partial charge in [0.05, 0.1) is 0 Å². The molecule has 0 bridgehead atoms. The molecule has 0 saturated carbocycles. The van der Waals surface area contributed by atoms with Crippen LogP contribution in [0.15, 0.2) is 85.1 Å². The van der Waals surface area contributed by atoms with Crippen molar-refractivity contribution in [2.24, 2.45) is 0 Å². The summed E-state index contributed by atoms with van der Waals surface area (Å²) in [6.07, 6.45) is 59.0. The van der Waals surface area contributed by atoms with Gasteiger partial charge in [0.15, 0.2) is 6.10 Å². The van der Waals surface area contributed by atoms with Gasteiger partial charge in [-0.2, -0.15) is 0 Å². The Balaban J connectivity index is 4.11. The Morgan fingerprint density at radius 3 is 1.05 bits per heavy atom. The minimum Gasteiger partial charge on any atom is -0.462 e. The van der Waals surface area contributed by atoms with Crippen molar-refractivity contribution in [3.8, 4) is 0 Å². The SMILES string of the molecule is CC/C=C\C/C=C\C/C=C\C/C=C\C/C=C\C/C=C\C/C=C\CCCCCCCC(=O)OCC(COC(=O)CCCCCCC)OC(=O)CCCCCCCCCC. The molecule has 1 unspecified atom stereocenters. The zero-order valence-electron chi connectivity index (χ0n) is 37.5. The van der Waals surface area contributed by atoms with Gasteiger partial charge in [-0.25, -0.2) is 0 Å². The largest absolute Gasteiger partial charge is 0.462 e. The summed E-state index contributed by atoms with van der Waals surface area (Å²) in [5, 5.41) is 0. The molecule has 0 aliphatic rings. The molecule has 0 spiro atoms. The maximum Gasteiger partial charge on any atom is 0.306 e. The zero-order valence-corrected chi connectivity index (χ0v) is 37.5. The fraction of sp³-hybridized carbons (Fsp3) is 0.673. The van der Waals surface area contributed by atoms with Crippen molar-refractivity contribution < 1.29 is 28.6 Å². The first-order chi connectivity index (χ1) is 28.5.